The van der Waals surface area contributed by atoms with Gasteiger partial charge in [0.05, 0.1) is 13.2 Å². The number of hydrogen-bond acceptors (Lipinski definition) is 6. The molecule has 0 aliphatic carbocycles. The molecule has 0 spiro atoms. The Hall–Kier alpha value is -1.95. The van der Waals surface area contributed by atoms with Crippen LogP contribution < -0.4 is 0 Å². The molecule has 26 heavy (non-hydrogen) atoms. The molecule has 158 valence electrons. The number of hydrogen-bond donors (Lipinski definition) is 0. The second kappa shape index (κ2) is 34.4. The zero-order chi connectivity index (χ0) is 17.1. The molecule has 0 atom stereocenters. The second-order valence-corrected chi connectivity index (χ2v) is 4.12. The maximum Gasteiger partial charge on any atom is 0.330 e. The molecule has 6 heteroatoms. The van der Waals surface area contributed by atoms with Crippen molar-refractivity contribution in [2.75, 3.05) is 26.4 Å². The van der Waals surface area contributed by atoms with E-state index in [4.69, 9.17) is 19.0 Å². The summed E-state index contributed by atoms with van der Waals surface area (Å²) < 4.78 is 14.9. The summed E-state index contributed by atoms with van der Waals surface area (Å²) in [5, 5.41) is 0. The van der Waals surface area contributed by atoms with Crippen molar-refractivity contribution in [3.05, 3.63) is 25.3 Å². The molecule has 0 fully saturated rings. The summed E-state index contributed by atoms with van der Waals surface area (Å²) in [7, 11) is 0. The lowest BCUT2D eigenvalue weighted by Gasteiger charge is -2.05. The average molecular weight is 379 g/mol. The summed E-state index contributed by atoms with van der Waals surface area (Å²) in [6.45, 7) is 10.4. The van der Waals surface area contributed by atoms with Gasteiger partial charge in [0, 0.05) is 18.8 Å². The first-order valence-corrected chi connectivity index (χ1v) is 7.15. The summed E-state index contributed by atoms with van der Waals surface area (Å²) in [4.78, 5) is 29.4. The molecule has 0 aliphatic heterocycles. The zero-order valence-corrected chi connectivity index (χ0v) is 13.1. The van der Waals surface area contributed by atoms with E-state index >= 15 is 0 Å². The first-order chi connectivity index (χ1) is 10.7. The summed E-state index contributed by atoms with van der Waals surface area (Å²) in [5.74, 6) is -0.790. The summed E-state index contributed by atoms with van der Waals surface area (Å²) >= 11 is 0. The van der Waals surface area contributed by atoms with E-state index in [9.17, 15) is 9.59 Å². The third kappa shape index (κ3) is 33.6. The number of esters is 2. The Morgan fingerprint density at radius 2 is 1.00 bits per heavy atom. The predicted molar refractivity (Wildman–Crippen MR) is 110 cm³/mol. The van der Waals surface area contributed by atoms with Crippen LogP contribution in [0.25, 0.3) is 0 Å². The summed E-state index contributed by atoms with van der Waals surface area (Å²) in [6.07, 6.45) is 7.33. The molecule has 0 aromatic carbocycles. The van der Waals surface area contributed by atoms with Gasteiger partial charge in [0.15, 0.2) is 0 Å². The van der Waals surface area contributed by atoms with E-state index < -0.39 is 5.97 Å². The SMILES string of the molecule is C.C.C.C.C=CC(=O)OCCCCCCCOCCOC(=O)C=C.C=O. The van der Waals surface area contributed by atoms with E-state index in [0.717, 1.165) is 38.2 Å². The molecular weight excluding hydrogens is 336 g/mol. The zero-order valence-electron chi connectivity index (χ0n) is 13.1. The highest BCUT2D eigenvalue weighted by atomic mass is 16.6. The quantitative estimate of drug-likeness (QED) is 0.261. The van der Waals surface area contributed by atoms with E-state index in [-0.39, 0.29) is 42.3 Å². The van der Waals surface area contributed by atoms with Gasteiger partial charge in [-0.05, 0) is 12.8 Å². The fourth-order valence-electron chi connectivity index (χ4n) is 1.43. The van der Waals surface area contributed by atoms with Crippen LogP contribution in [0.1, 0.15) is 61.8 Å². The van der Waals surface area contributed by atoms with Gasteiger partial charge in [-0.15, -0.1) is 0 Å². The van der Waals surface area contributed by atoms with Gasteiger partial charge in [0.2, 0.25) is 0 Å². The lowest BCUT2D eigenvalue weighted by Crippen LogP contribution is -2.08. The van der Waals surface area contributed by atoms with Gasteiger partial charge in [-0.2, -0.15) is 0 Å². The van der Waals surface area contributed by atoms with Crippen LogP contribution in [-0.2, 0) is 28.6 Å². The molecule has 0 rings (SSSR count). The minimum Gasteiger partial charge on any atom is -0.463 e. The van der Waals surface area contributed by atoms with Crippen molar-refractivity contribution in [2.24, 2.45) is 0 Å². The molecule has 0 aromatic heterocycles. The largest absolute Gasteiger partial charge is 0.463 e. The smallest absolute Gasteiger partial charge is 0.330 e. The average Bonchev–Trinajstić information content (AvgIpc) is 2.56. The monoisotopic (exact) mass is 378 g/mol. The molecule has 0 amide bonds. The molecule has 0 saturated heterocycles. The summed E-state index contributed by atoms with van der Waals surface area (Å²) in [6, 6.07) is 0. The fraction of sp³-hybridized carbons (Fsp3) is 0.650. The Kier molecular flexibility index (Phi) is 51.9. The van der Waals surface area contributed by atoms with E-state index in [1.165, 1.54) is 6.08 Å². The van der Waals surface area contributed by atoms with E-state index in [2.05, 4.69) is 13.2 Å². The number of ether oxygens (including phenoxy) is 3. The first kappa shape index (κ1) is 39.2. The summed E-state index contributed by atoms with van der Waals surface area (Å²) in [5.41, 5.74) is 0. The Morgan fingerprint density at radius 1 is 0.615 bits per heavy atom. The maximum absolute atomic E-state index is 10.7. The van der Waals surface area contributed by atoms with Gasteiger partial charge < -0.3 is 19.0 Å². The van der Waals surface area contributed by atoms with Gasteiger partial charge in [0.1, 0.15) is 13.4 Å². The molecule has 0 heterocycles. The van der Waals surface area contributed by atoms with Gasteiger partial charge in [0.25, 0.3) is 0 Å². The molecular formula is C20H42O6. The van der Waals surface area contributed by atoms with Gasteiger partial charge in [-0.25, -0.2) is 9.59 Å². The third-order valence-electron chi connectivity index (χ3n) is 2.48. The minimum absolute atomic E-state index is 0. The lowest BCUT2D eigenvalue weighted by atomic mass is 10.1. The molecule has 0 saturated carbocycles. The fourth-order valence-corrected chi connectivity index (χ4v) is 1.43. The van der Waals surface area contributed by atoms with Crippen molar-refractivity contribution in [1.82, 2.24) is 0 Å². The van der Waals surface area contributed by atoms with Crippen LogP contribution in [0.2, 0.25) is 0 Å². The second-order valence-electron chi connectivity index (χ2n) is 4.12. The Balaban J connectivity index is -0.000000160. The van der Waals surface area contributed by atoms with Gasteiger partial charge in [-0.3, -0.25) is 0 Å². The van der Waals surface area contributed by atoms with Crippen LogP contribution in [0.4, 0.5) is 0 Å². The first-order valence-electron chi connectivity index (χ1n) is 7.15. The van der Waals surface area contributed by atoms with E-state index in [1.807, 2.05) is 6.79 Å². The van der Waals surface area contributed by atoms with Crippen LogP contribution in [0.15, 0.2) is 25.3 Å². The van der Waals surface area contributed by atoms with Gasteiger partial charge >= 0.3 is 11.9 Å². The lowest BCUT2D eigenvalue weighted by molar-refractivity contribution is -0.139. The molecule has 0 bridgehead atoms. The maximum atomic E-state index is 10.7. The highest BCUT2D eigenvalue weighted by molar-refractivity contribution is 5.81. The Labute approximate surface area is 161 Å². The number of carbonyl (C=O) groups is 3. The van der Waals surface area contributed by atoms with Crippen LogP contribution >= 0.6 is 0 Å². The normalized spacial score (nSPS) is 7.69. The van der Waals surface area contributed by atoms with E-state index in [0.29, 0.717) is 19.8 Å². The van der Waals surface area contributed by atoms with Crippen molar-refractivity contribution in [3.8, 4) is 0 Å². The highest BCUT2D eigenvalue weighted by Gasteiger charge is 1.97. The number of carbonyl (C=O) groups excluding carboxylic acids is 3. The Bertz CT molecular complexity index is 285. The number of rotatable bonds is 13. The topological polar surface area (TPSA) is 78.9 Å². The van der Waals surface area contributed by atoms with Crippen LogP contribution in [0.5, 0.6) is 0 Å². The van der Waals surface area contributed by atoms with Crippen LogP contribution in [0, 0.1) is 0 Å². The van der Waals surface area contributed by atoms with Crippen molar-refractivity contribution < 1.29 is 28.6 Å². The van der Waals surface area contributed by atoms with Crippen LogP contribution in [-0.4, -0.2) is 45.2 Å². The third-order valence-corrected chi connectivity index (χ3v) is 2.48. The standard InChI is InChI=1S/C15H24O5.CH2O.4CH4/c1-3-14(16)19-11-9-7-5-6-8-10-18-12-13-20-15(17)4-2;1-2;;;;/h3-4H,1-2,5-13H2;1H2;4*1H4. The molecule has 6 nitrogen and oxygen atoms in total. The molecule has 0 aromatic rings. The van der Waals surface area contributed by atoms with Crippen molar-refractivity contribution >= 4 is 18.7 Å². The van der Waals surface area contributed by atoms with Gasteiger partial charge in [-0.1, -0.05) is 62.1 Å². The molecule has 0 radical (unpaired) electrons. The van der Waals surface area contributed by atoms with Crippen LogP contribution in [0.3, 0.4) is 0 Å². The number of unbranched alkanes of at least 4 members (excludes halogenated alkanes) is 4. The Morgan fingerprint density at radius 3 is 1.46 bits per heavy atom. The minimum atomic E-state index is -0.425. The van der Waals surface area contributed by atoms with Crippen molar-refractivity contribution in [1.29, 1.82) is 0 Å². The molecule has 0 aliphatic rings. The van der Waals surface area contributed by atoms with Crippen molar-refractivity contribution in [3.63, 3.8) is 0 Å². The molecule has 0 N–H and O–H groups in total. The highest BCUT2D eigenvalue weighted by Crippen LogP contribution is 2.03. The predicted octanol–water partition coefficient (Wildman–Crippen LogP) is 4.77. The molecule has 0 unspecified atom stereocenters. The van der Waals surface area contributed by atoms with E-state index in [1.54, 1.807) is 0 Å². The van der Waals surface area contributed by atoms with Crippen molar-refractivity contribution in [2.45, 2.75) is 61.8 Å².